The van der Waals surface area contributed by atoms with Crippen molar-refractivity contribution in [3.05, 3.63) is 35.1 Å². The Morgan fingerprint density at radius 3 is 2.57 bits per heavy atom. The van der Waals surface area contributed by atoms with E-state index in [0.717, 1.165) is 32.2 Å². The van der Waals surface area contributed by atoms with Crippen molar-refractivity contribution in [1.29, 1.82) is 0 Å². The quantitative estimate of drug-likeness (QED) is 0.924. The first kappa shape index (κ1) is 16.0. The second-order valence-corrected chi connectivity index (χ2v) is 5.94. The fourth-order valence-corrected chi connectivity index (χ4v) is 3.10. The molecule has 0 aliphatic heterocycles. The van der Waals surface area contributed by atoms with Crippen molar-refractivity contribution in [3.8, 4) is 0 Å². The molecular weight excluding hydrogens is 267 g/mol. The zero-order valence-electron chi connectivity index (χ0n) is 13.2. The number of hydrogen-bond donors (Lipinski definition) is 1. The molecule has 1 fully saturated rings. The average Bonchev–Trinajstić information content (AvgIpc) is 2.50. The summed E-state index contributed by atoms with van der Waals surface area (Å²) in [7, 11) is 1.86. The van der Waals surface area contributed by atoms with Crippen molar-refractivity contribution in [1.82, 2.24) is 10.2 Å². The summed E-state index contributed by atoms with van der Waals surface area (Å²) in [6.07, 6.45) is 4.28. The fraction of sp³-hybridized carbons (Fsp3) is 0.588. The summed E-state index contributed by atoms with van der Waals surface area (Å²) >= 11 is 0. The van der Waals surface area contributed by atoms with Gasteiger partial charge in [0.2, 0.25) is 0 Å². The molecule has 1 aliphatic carbocycles. The molecule has 1 saturated carbocycles. The van der Waals surface area contributed by atoms with Crippen LogP contribution in [0.3, 0.4) is 0 Å². The molecule has 116 valence electrons. The molecule has 0 spiro atoms. The number of nitrogens with zero attached hydrogens (tertiary/aromatic N) is 1. The Hall–Kier alpha value is -1.42. The molecule has 1 aromatic rings. The van der Waals surface area contributed by atoms with Gasteiger partial charge in [0.15, 0.2) is 0 Å². The van der Waals surface area contributed by atoms with Crippen LogP contribution >= 0.6 is 0 Å². The number of halogens is 1. The van der Waals surface area contributed by atoms with Crippen LogP contribution in [-0.2, 0) is 0 Å². The Morgan fingerprint density at radius 2 is 2.00 bits per heavy atom. The Labute approximate surface area is 126 Å². The molecular formula is C17H25FN2O. The highest BCUT2D eigenvalue weighted by Crippen LogP contribution is 2.24. The summed E-state index contributed by atoms with van der Waals surface area (Å²) in [6.45, 7) is 4.81. The van der Waals surface area contributed by atoms with E-state index < -0.39 is 0 Å². The lowest BCUT2D eigenvalue weighted by molar-refractivity contribution is 0.0684. The van der Waals surface area contributed by atoms with E-state index in [4.69, 9.17) is 0 Å². The molecule has 0 atom stereocenters. The standard InChI is InChI=1S/C17H25FN2O/c1-4-19-14-6-8-15(9-7-14)20(3)17(21)13-5-10-16(18)12(2)11-13/h5,10-11,14-15,19H,4,6-9H2,1-3H3. The first-order valence-corrected chi connectivity index (χ1v) is 7.79. The average molecular weight is 292 g/mol. The highest BCUT2D eigenvalue weighted by Gasteiger charge is 2.26. The predicted molar refractivity (Wildman–Crippen MR) is 83.0 cm³/mol. The molecule has 1 N–H and O–H groups in total. The van der Waals surface area contributed by atoms with E-state index >= 15 is 0 Å². The number of carbonyl (C=O) groups excluding carboxylic acids is 1. The summed E-state index contributed by atoms with van der Waals surface area (Å²) in [5.41, 5.74) is 1.09. The lowest BCUT2D eigenvalue weighted by Crippen LogP contribution is -2.43. The van der Waals surface area contributed by atoms with Gasteiger partial charge in [0.05, 0.1) is 0 Å². The summed E-state index contributed by atoms with van der Waals surface area (Å²) in [5.74, 6) is -0.273. The monoisotopic (exact) mass is 292 g/mol. The van der Waals surface area contributed by atoms with Gasteiger partial charge in [-0.05, 0) is 62.9 Å². The predicted octanol–water partition coefficient (Wildman–Crippen LogP) is 3.13. The molecule has 1 aliphatic rings. The van der Waals surface area contributed by atoms with Crippen LogP contribution in [0.2, 0.25) is 0 Å². The largest absolute Gasteiger partial charge is 0.339 e. The highest BCUT2D eigenvalue weighted by molar-refractivity contribution is 5.94. The van der Waals surface area contributed by atoms with Crippen molar-refractivity contribution in [2.75, 3.05) is 13.6 Å². The molecule has 0 radical (unpaired) electrons. The number of benzene rings is 1. The van der Waals surface area contributed by atoms with Crippen LogP contribution in [0.1, 0.15) is 48.5 Å². The van der Waals surface area contributed by atoms with Gasteiger partial charge in [-0.2, -0.15) is 0 Å². The molecule has 2 rings (SSSR count). The lowest BCUT2D eigenvalue weighted by Gasteiger charge is -2.35. The highest BCUT2D eigenvalue weighted by atomic mass is 19.1. The molecule has 0 unspecified atom stereocenters. The maximum Gasteiger partial charge on any atom is 0.253 e. The molecule has 0 aromatic heterocycles. The van der Waals surface area contributed by atoms with Crippen LogP contribution in [0.15, 0.2) is 18.2 Å². The van der Waals surface area contributed by atoms with E-state index in [1.807, 2.05) is 11.9 Å². The van der Waals surface area contributed by atoms with E-state index in [1.165, 1.54) is 6.07 Å². The van der Waals surface area contributed by atoms with Crippen LogP contribution in [0.5, 0.6) is 0 Å². The van der Waals surface area contributed by atoms with Crippen LogP contribution in [0, 0.1) is 12.7 Å². The second-order valence-electron chi connectivity index (χ2n) is 5.94. The summed E-state index contributed by atoms with van der Waals surface area (Å²) in [6, 6.07) is 5.46. The molecule has 3 nitrogen and oxygen atoms in total. The van der Waals surface area contributed by atoms with Crippen molar-refractivity contribution in [2.24, 2.45) is 0 Å². The van der Waals surface area contributed by atoms with Gasteiger partial charge in [0.25, 0.3) is 5.91 Å². The van der Waals surface area contributed by atoms with Crippen molar-refractivity contribution in [3.63, 3.8) is 0 Å². The van der Waals surface area contributed by atoms with Gasteiger partial charge >= 0.3 is 0 Å². The first-order valence-electron chi connectivity index (χ1n) is 7.79. The topological polar surface area (TPSA) is 32.3 Å². The SMILES string of the molecule is CCNC1CCC(N(C)C(=O)c2ccc(F)c(C)c2)CC1. The third-order valence-corrected chi connectivity index (χ3v) is 4.46. The second kappa shape index (κ2) is 7.03. The third-order valence-electron chi connectivity index (χ3n) is 4.46. The molecule has 0 heterocycles. The van der Waals surface area contributed by atoms with Gasteiger partial charge in [-0.25, -0.2) is 4.39 Å². The van der Waals surface area contributed by atoms with Crippen LogP contribution in [0.4, 0.5) is 4.39 Å². The van der Waals surface area contributed by atoms with E-state index in [2.05, 4.69) is 12.2 Å². The zero-order valence-corrected chi connectivity index (χ0v) is 13.2. The Bertz CT molecular complexity index is 496. The van der Waals surface area contributed by atoms with Gasteiger partial charge in [0.1, 0.15) is 5.82 Å². The first-order chi connectivity index (χ1) is 10.0. The molecule has 21 heavy (non-hydrogen) atoms. The van der Waals surface area contributed by atoms with Crippen molar-refractivity contribution < 1.29 is 9.18 Å². The summed E-state index contributed by atoms with van der Waals surface area (Å²) < 4.78 is 13.3. The Kier molecular flexibility index (Phi) is 5.34. The van der Waals surface area contributed by atoms with Crippen molar-refractivity contribution in [2.45, 2.75) is 51.6 Å². The number of rotatable bonds is 4. The van der Waals surface area contributed by atoms with E-state index in [1.54, 1.807) is 19.1 Å². The molecule has 1 aromatic carbocycles. The molecule has 0 bridgehead atoms. The summed E-state index contributed by atoms with van der Waals surface area (Å²) in [5, 5.41) is 3.47. The number of carbonyl (C=O) groups is 1. The van der Waals surface area contributed by atoms with Crippen LogP contribution < -0.4 is 5.32 Å². The molecule has 4 heteroatoms. The Balaban J connectivity index is 1.98. The minimum absolute atomic E-state index is 0.00926. The fourth-order valence-electron chi connectivity index (χ4n) is 3.10. The van der Waals surface area contributed by atoms with Gasteiger partial charge in [-0.15, -0.1) is 0 Å². The van der Waals surface area contributed by atoms with Gasteiger partial charge < -0.3 is 10.2 Å². The van der Waals surface area contributed by atoms with Crippen molar-refractivity contribution >= 4 is 5.91 Å². The smallest absolute Gasteiger partial charge is 0.253 e. The zero-order chi connectivity index (χ0) is 15.4. The van der Waals surface area contributed by atoms with Crippen LogP contribution in [-0.4, -0.2) is 36.5 Å². The Morgan fingerprint density at radius 1 is 1.33 bits per heavy atom. The third kappa shape index (κ3) is 3.82. The van der Waals surface area contributed by atoms with Gasteiger partial charge in [0, 0.05) is 24.7 Å². The van der Waals surface area contributed by atoms with E-state index in [-0.39, 0.29) is 17.8 Å². The number of amides is 1. The van der Waals surface area contributed by atoms with E-state index in [0.29, 0.717) is 17.2 Å². The van der Waals surface area contributed by atoms with Crippen LogP contribution in [0.25, 0.3) is 0 Å². The normalized spacial score (nSPS) is 22.1. The van der Waals surface area contributed by atoms with Gasteiger partial charge in [-0.3, -0.25) is 4.79 Å². The minimum atomic E-state index is -0.264. The summed E-state index contributed by atoms with van der Waals surface area (Å²) in [4.78, 5) is 14.3. The van der Waals surface area contributed by atoms with E-state index in [9.17, 15) is 9.18 Å². The molecule has 0 saturated heterocycles. The maximum absolute atomic E-state index is 13.3. The number of hydrogen-bond acceptors (Lipinski definition) is 2. The number of nitrogens with one attached hydrogen (secondary N) is 1. The maximum atomic E-state index is 13.3. The number of aryl methyl sites for hydroxylation is 1. The lowest BCUT2D eigenvalue weighted by atomic mass is 9.90. The molecule has 1 amide bonds. The van der Waals surface area contributed by atoms with Gasteiger partial charge in [-0.1, -0.05) is 6.92 Å². The minimum Gasteiger partial charge on any atom is -0.339 e.